The molecule has 18 heavy (non-hydrogen) atoms. The summed E-state index contributed by atoms with van der Waals surface area (Å²) >= 11 is 0. The summed E-state index contributed by atoms with van der Waals surface area (Å²) in [4.78, 5) is 29.4. The molecule has 1 unspecified atom stereocenters. The number of nitro groups is 3. The van der Waals surface area contributed by atoms with E-state index in [2.05, 4.69) is 0 Å². The second-order valence-corrected chi connectivity index (χ2v) is 3.57. The molecule has 0 bridgehead atoms. The minimum atomic E-state index is -2.98. The van der Waals surface area contributed by atoms with Crippen LogP contribution in [0.1, 0.15) is 12.5 Å². The van der Waals surface area contributed by atoms with Gasteiger partial charge in [-0.15, -0.1) is 0 Å². The normalized spacial score (nSPS) is 12.7. The van der Waals surface area contributed by atoms with Gasteiger partial charge >= 0.3 is 11.7 Å². The van der Waals surface area contributed by atoms with Gasteiger partial charge in [0.2, 0.25) is 0 Å². The predicted octanol–water partition coefficient (Wildman–Crippen LogP) is 1.06. The minimum absolute atomic E-state index is 0.329. The van der Waals surface area contributed by atoms with Crippen LogP contribution in [0.3, 0.4) is 0 Å². The van der Waals surface area contributed by atoms with Crippen molar-refractivity contribution in [2.75, 3.05) is 0 Å². The van der Waals surface area contributed by atoms with Gasteiger partial charge in [-0.1, -0.05) is 18.2 Å². The van der Waals surface area contributed by atoms with Gasteiger partial charge in [0.25, 0.3) is 0 Å². The quantitative estimate of drug-likeness (QED) is 0.439. The molecular formula is C9H9N3O6. The fourth-order valence-electron chi connectivity index (χ4n) is 1.65. The molecule has 0 N–H and O–H groups in total. The van der Waals surface area contributed by atoms with E-state index in [-0.39, 0.29) is 5.56 Å². The van der Waals surface area contributed by atoms with Crippen LogP contribution in [-0.4, -0.2) is 20.8 Å². The van der Waals surface area contributed by atoms with E-state index < -0.39 is 26.5 Å². The average molecular weight is 255 g/mol. The predicted molar refractivity (Wildman–Crippen MR) is 58.6 cm³/mol. The second kappa shape index (κ2) is 4.73. The van der Waals surface area contributed by atoms with E-state index in [0.717, 1.165) is 19.1 Å². The zero-order chi connectivity index (χ0) is 13.9. The van der Waals surface area contributed by atoms with Crippen LogP contribution in [0.2, 0.25) is 0 Å². The van der Waals surface area contributed by atoms with Crippen molar-refractivity contribution >= 4 is 0 Å². The summed E-state index contributed by atoms with van der Waals surface area (Å²) in [5.74, 6) is 0. The molecule has 9 heteroatoms. The van der Waals surface area contributed by atoms with Gasteiger partial charge in [0, 0.05) is 11.8 Å². The van der Waals surface area contributed by atoms with Crippen LogP contribution in [-0.2, 0) is 5.66 Å². The minimum Gasteiger partial charge on any atom is -0.264 e. The third-order valence-corrected chi connectivity index (χ3v) is 2.65. The van der Waals surface area contributed by atoms with Gasteiger partial charge in [-0.2, -0.15) is 0 Å². The highest BCUT2D eigenvalue weighted by molar-refractivity contribution is 5.20. The van der Waals surface area contributed by atoms with Gasteiger partial charge in [-0.25, -0.2) is 0 Å². The number of hydrogen-bond donors (Lipinski definition) is 0. The Hall–Kier alpha value is -2.58. The first kappa shape index (κ1) is 13.5. The standard InChI is InChI=1S/C9H9N3O6/c1-7(10(13)14)9(11(15)16,12(17)18)8-5-3-2-4-6-8/h2-7H,1H3. The Morgan fingerprint density at radius 2 is 1.44 bits per heavy atom. The van der Waals surface area contributed by atoms with Crippen LogP contribution < -0.4 is 0 Å². The van der Waals surface area contributed by atoms with Crippen LogP contribution in [0, 0.1) is 30.3 Å². The highest BCUT2D eigenvalue weighted by Gasteiger charge is 2.69. The Labute approximate surface area is 100 Å². The van der Waals surface area contributed by atoms with Crippen molar-refractivity contribution in [3.8, 4) is 0 Å². The summed E-state index contributed by atoms with van der Waals surface area (Å²) < 4.78 is 0. The Kier molecular flexibility index (Phi) is 3.55. The molecule has 0 amide bonds. The maximum absolute atomic E-state index is 11.1. The highest BCUT2D eigenvalue weighted by atomic mass is 16.7. The van der Waals surface area contributed by atoms with Gasteiger partial charge in [0.15, 0.2) is 0 Å². The van der Waals surface area contributed by atoms with Gasteiger partial charge in [0.1, 0.15) is 15.4 Å². The fraction of sp³-hybridized carbons (Fsp3) is 0.333. The van der Waals surface area contributed by atoms with Crippen molar-refractivity contribution in [3.63, 3.8) is 0 Å². The number of nitrogens with zero attached hydrogens (tertiary/aromatic N) is 3. The Balaban J connectivity index is 3.56. The number of rotatable bonds is 5. The van der Waals surface area contributed by atoms with Crippen molar-refractivity contribution in [1.29, 1.82) is 0 Å². The Morgan fingerprint density at radius 1 is 1.00 bits per heavy atom. The molecule has 0 aliphatic heterocycles. The van der Waals surface area contributed by atoms with E-state index in [9.17, 15) is 30.3 Å². The van der Waals surface area contributed by atoms with Crippen molar-refractivity contribution < 1.29 is 14.8 Å². The number of hydrogen-bond acceptors (Lipinski definition) is 6. The summed E-state index contributed by atoms with van der Waals surface area (Å²) in [5.41, 5.74) is -3.31. The lowest BCUT2D eigenvalue weighted by molar-refractivity contribution is -0.846. The van der Waals surface area contributed by atoms with Crippen LogP contribution >= 0.6 is 0 Å². The lowest BCUT2D eigenvalue weighted by atomic mass is 9.94. The zero-order valence-corrected chi connectivity index (χ0v) is 9.26. The maximum Gasteiger partial charge on any atom is 0.548 e. The molecule has 1 atom stereocenters. The molecule has 0 aromatic heterocycles. The van der Waals surface area contributed by atoms with Crippen molar-refractivity contribution in [2.45, 2.75) is 18.6 Å². The van der Waals surface area contributed by atoms with E-state index in [0.29, 0.717) is 0 Å². The fourth-order valence-corrected chi connectivity index (χ4v) is 1.65. The molecule has 0 radical (unpaired) electrons. The molecule has 96 valence electrons. The molecule has 0 fully saturated rings. The molecular weight excluding hydrogens is 246 g/mol. The molecule has 0 aliphatic rings. The molecule has 0 aliphatic carbocycles. The van der Waals surface area contributed by atoms with Gasteiger partial charge in [0.05, 0.1) is 0 Å². The van der Waals surface area contributed by atoms with Crippen LogP contribution in [0.15, 0.2) is 30.3 Å². The van der Waals surface area contributed by atoms with Crippen molar-refractivity contribution in [2.24, 2.45) is 0 Å². The molecule has 1 aromatic rings. The van der Waals surface area contributed by atoms with E-state index in [4.69, 9.17) is 0 Å². The number of benzene rings is 1. The SMILES string of the molecule is CC([N+](=O)[O-])C(c1ccccc1)([N+](=O)[O-])[N+](=O)[O-]. The molecule has 1 rings (SSSR count). The van der Waals surface area contributed by atoms with Crippen LogP contribution in [0.4, 0.5) is 0 Å². The largest absolute Gasteiger partial charge is 0.548 e. The highest BCUT2D eigenvalue weighted by Crippen LogP contribution is 2.31. The third-order valence-electron chi connectivity index (χ3n) is 2.65. The van der Waals surface area contributed by atoms with E-state index in [1.165, 1.54) is 18.2 Å². The topological polar surface area (TPSA) is 129 Å². The monoisotopic (exact) mass is 255 g/mol. The first-order chi connectivity index (χ1) is 8.35. The van der Waals surface area contributed by atoms with Gasteiger partial charge in [-0.3, -0.25) is 30.3 Å². The zero-order valence-electron chi connectivity index (χ0n) is 9.26. The maximum atomic E-state index is 11.1. The summed E-state index contributed by atoms with van der Waals surface area (Å²) in [5, 5.41) is 32.9. The van der Waals surface area contributed by atoms with Crippen molar-refractivity contribution in [3.05, 3.63) is 66.2 Å². The van der Waals surface area contributed by atoms with E-state index in [1.807, 2.05) is 0 Å². The van der Waals surface area contributed by atoms with Crippen LogP contribution in [0.5, 0.6) is 0 Å². The molecule has 0 heterocycles. The lowest BCUT2D eigenvalue weighted by Crippen LogP contribution is -2.54. The first-order valence-corrected chi connectivity index (χ1v) is 4.83. The summed E-state index contributed by atoms with van der Waals surface area (Å²) in [6.45, 7) is 0.846. The van der Waals surface area contributed by atoms with Crippen LogP contribution in [0.25, 0.3) is 0 Å². The second-order valence-electron chi connectivity index (χ2n) is 3.57. The van der Waals surface area contributed by atoms with E-state index in [1.54, 1.807) is 0 Å². The third kappa shape index (κ3) is 1.85. The molecule has 1 aromatic carbocycles. The smallest absolute Gasteiger partial charge is 0.264 e. The van der Waals surface area contributed by atoms with Gasteiger partial charge < -0.3 is 0 Å². The summed E-state index contributed by atoms with van der Waals surface area (Å²) in [6, 6.07) is 4.47. The van der Waals surface area contributed by atoms with Gasteiger partial charge in [-0.05, 0) is 12.1 Å². The van der Waals surface area contributed by atoms with E-state index >= 15 is 0 Å². The summed E-state index contributed by atoms with van der Waals surface area (Å²) in [6.07, 6.45) is 0. The molecule has 0 saturated heterocycles. The lowest BCUT2D eigenvalue weighted by Gasteiger charge is -2.17. The summed E-state index contributed by atoms with van der Waals surface area (Å²) in [7, 11) is 0. The average Bonchev–Trinajstić information content (AvgIpc) is 2.30. The van der Waals surface area contributed by atoms with Crippen molar-refractivity contribution in [1.82, 2.24) is 0 Å². The Bertz CT molecular complexity index is 474. The molecule has 0 spiro atoms. The molecule has 0 saturated carbocycles. The Morgan fingerprint density at radius 3 is 1.78 bits per heavy atom. The molecule has 9 nitrogen and oxygen atoms in total. The first-order valence-electron chi connectivity index (χ1n) is 4.83.